The molecule has 0 heterocycles. The summed E-state index contributed by atoms with van der Waals surface area (Å²) in [6, 6.07) is 12.6. The molecule has 2 aromatic rings. The molecule has 104 valence electrons. The molecule has 0 aliphatic heterocycles. The van der Waals surface area contributed by atoms with Crippen molar-refractivity contribution in [1.29, 1.82) is 0 Å². The number of benzene rings is 2. The lowest BCUT2D eigenvalue weighted by molar-refractivity contribution is 0.0601. The van der Waals surface area contributed by atoms with Crippen LogP contribution < -0.4 is 5.32 Å². The Labute approximate surface area is 118 Å². The molecular formula is C16H17NO3. The van der Waals surface area contributed by atoms with Gasteiger partial charge in [-0.15, -0.1) is 0 Å². The summed E-state index contributed by atoms with van der Waals surface area (Å²) in [5, 5.41) is 12.9. The molecule has 20 heavy (non-hydrogen) atoms. The fourth-order valence-electron chi connectivity index (χ4n) is 1.81. The topological polar surface area (TPSA) is 58.6 Å². The van der Waals surface area contributed by atoms with Gasteiger partial charge >= 0.3 is 5.97 Å². The minimum atomic E-state index is -0.347. The van der Waals surface area contributed by atoms with Gasteiger partial charge in [-0.05, 0) is 48.4 Å². The van der Waals surface area contributed by atoms with Crippen molar-refractivity contribution in [1.82, 2.24) is 0 Å². The fraction of sp³-hybridized carbons (Fsp3) is 0.188. The molecule has 4 heteroatoms. The van der Waals surface area contributed by atoms with E-state index in [4.69, 9.17) is 0 Å². The standard InChI is InChI=1S/C16H17NO3/c1-11-3-4-12(9-15(11)18)10-17-14-7-5-13(6-8-14)16(19)20-2/h3-9,17-18H,10H2,1-2H3. The van der Waals surface area contributed by atoms with Crippen molar-refractivity contribution in [3.63, 3.8) is 0 Å². The van der Waals surface area contributed by atoms with E-state index in [-0.39, 0.29) is 5.97 Å². The first-order valence-corrected chi connectivity index (χ1v) is 6.31. The van der Waals surface area contributed by atoms with Crippen LogP contribution in [0.2, 0.25) is 0 Å². The zero-order valence-corrected chi connectivity index (χ0v) is 11.5. The normalized spacial score (nSPS) is 10.1. The summed E-state index contributed by atoms with van der Waals surface area (Å²) in [6.45, 7) is 2.46. The summed E-state index contributed by atoms with van der Waals surface area (Å²) in [5.74, 6) is -0.0506. The summed E-state index contributed by atoms with van der Waals surface area (Å²) in [6.07, 6.45) is 0. The number of carbonyl (C=O) groups is 1. The van der Waals surface area contributed by atoms with Crippen LogP contribution in [0.5, 0.6) is 5.75 Å². The van der Waals surface area contributed by atoms with Crippen LogP contribution in [0, 0.1) is 6.92 Å². The van der Waals surface area contributed by atoms with Gasteiger partial charge in [0.05, 0.1) is 12.7 Å². The summed E-state index contributed by atoms with van der Waals surface area (Å²) in [5.41, 5.74) is 3.27. The van der Waals surface area contributed by atoms with Gasteiger partial charge in [0.15, 0.2) is 0 Å². The van der Waals surface area contributed by atoms with E-state index in [9.17, 15) is 9.90 Å². The van der Waals surface area contributed by atoms with Crippen LogP contribution in [0.4, 0.5) is 5.69 Å². The van der Waals surface area contributed by atoms with Crippen LogP contribution in [0.1, 0.15) is 21.5 Å². The Balaban J connectivity index is 2.00. The lowest BCUT2D eigenvalue weighted by Crippen LogP contribution is -2.02. The molecule has 4 nitrogen and oxygen atoms in total. The Bertz CT molecular complexity index is 606. The van der Waals surface area contributed by atoms with Crippen molar-refractivity contribution in [2.24, 2.45) is 0 Å². The lowest BCUT2D eigenvalue weighted by Gasteiger charge is -2.08. The first-order valence-electron chi connectivity index (χ1n) is 6.31. The molecular weight excluding hydrogens is 254 g/mol. The molecule has 0 aliphatic carbocycles. The molecule has 0 spiro atoms. The van der Waals surface area contributed by atoms with Gasteiger partial charge in [0.25, 0.3) is 0 Å². The maximum atomic E-state index is 11.3. The molecule has 2 rings (SSSR count). The molecule has 0 aromatic heterocycles. The number of carbonyl (C=O) groups excluding carboxylic acids is 1. The van der Waals surface area contributed by atoms with Gasteiger partial charge in [0, 0.05) is 12.2 Å². The van der Waals surface area contributed by atoms with Gasteiger partial charge in [-0.25, -0.2) is 4.79 Å². The highest BCUT2D eigenvalue weighted by atomic mass is 16.5. The minimum Gasteiger partial charge on any atom is -0.508 e. The first-order chi connectivity index (χ1) is 9.60. The van der Waals surface area contributed by atoms with Gasteiger partial charge in [0.2, 0.25) is 0 Å². The quantitative estimate of drug-likeness (QED) is 0.839. The Morgan fingerprint density at radius 2 is 1.90 bits per heavy atom. The minimum absolute atomic E-state index is 0.297. The molecule has 0 aliphatic rings. The number of hydrogen-bond acceptors (Lipinski definition) is 4. The average molecular weight is 271 g/mol. The van der Waals surface area contributed by atoms with Gasteiger partial charge in [-0.1, -0.05) is 12.1 Å². The zero-order chi connectivity index (χ0) is 14.5. The maximum absolute atomic E-state index is 11.3. The average Bonchev–Trinajstić information content (AvgIpc) is 2.48. The van der Waals surface area contributed by atoms with Crippen LogP contribution in [-0.4, -0.2) is 18.2 Å². The number of rotatable bonds is 4. The molecule has 0 radical (unpaired) electrons. The van der Waals surface area contributed by atoms with E-state index in [1.165, 1.54) is 7.11 Å². The Kier molecular flexibility index (Phi) is 4.25. The van der Waals surface area contributed by atoms with Crippen molar-refractivity contribution >= 4 is 11.7 Å². The molecule has 0 atom stereocenters. The summed E-state index contributed by atoms with van der Waals surface area (Å²) >= 11 is 0. The summed E-state index contributed by atoms with van der Waals surface area (Å²) < 4.78 is 4.64. The third-order valence-corrected chi connectivity index (χ3v) is 3.08. The molecule has 0 amide bonds. The number of aromatic hydroxyl groups is 1. The Morgan fingerprint density at radius 1 is 1.20 bits per heavy atom. The highest BCUT2D eigenvalue weighted by molar-refractivity contribution is 5.89. The van der Waals surface area contributed by atoms with Crippen LogP contribution in [0.15, 0.2) is 42.5 Å². The Hall–Kier alpha value is -2.49. The van der Waals surface area contributed by atoms with Crippen LogP contribution in [0.3, 0.4) is 0 Å². The third-order valence-electron chi connectivity index (χ3n) is 3.08. The number of phenolic OH excluding ortho intramolecular Hbond substituents is 1. The van der Waals surface area contributed by atoms with Gasteiger partial charge in [0.1, 0.15) is 5.75 Å². The number of phenols is 1. The van der Waals surface area contributed by atoms with Crippen molar-refractivity contribution in [2.75, 3.05) is 12.4 Å². The second-order valence-electron chi connectivity index (χ2n) is 4.54. The molecule has 2 N–H and O–H groups in total. The molecule has 0 fully saturated rings. The highest BCUT2D eigenvalue weighted by Gasteiger charge is 2.04. The monoisotopic (exact) mass is 271 g/mol. The number of hydrogen-bond donors (Lipinski definition) is 2. The smallest absolute Gasteiger partial charge is 0.337 e. The SMILES string of the molecule is COC(=O)c1ccc(NCc2ccc(C)c(O)c2)cc1. The van der Waals surface area contributed by atoms with Crippen molar-refractivity contribution < 1.29 is 14.6 Å². The van der Waals surface area contributed by atoms with E-state index < -0.39 is 0 Å². The van der Waals surface area contributed by atoms with Crippen LogP contribution in [0.25, 0.3) is 0 Å². The van der Waals surface area contributed by atoms with Gasteiger partial charge < -0.3 is 15.2 Å². The van der Waals surface area contributed by atoms with Crippen molar-refractivity contribution in [2.45, 2.75) is 13.5 Å². The van der Waals surface area contributed by atoms with Crippen molar-refractivity contribution in [3.05, 3.63) is 59.2 Å². The molecule has 0 unspecified atom stereocenters. The lowest BCUT2D eigenvalue weighted by atomic mass is 10.1. The van der Waals surface area contributed by atoms with Gasteiger partial charge in [-0.2, -0.15) is 0 Å². The first kappa shape index (κ1) is 13.9. The molecule has 0 saturated heterocycles. The van der Waals surface area contributed by atoms with E-state index in [1.807, 2.05) is 31.2 Å². The predicted octanol–water partition coefficient (Wildman–Crippen LogP) is 3.10. The largest absolute Gasteiger partial charge is 0.508 e. The number of anilines is 1. The Morgan fingerprint density at radius 3 is 2.50 bits per heavy atom. The summed E-state index contributed by atoms with van der Waals surface area (Å²) in [4.78, 5) is 11.3. The van der Waals surface area contributed by atoms with Crippen molar-refractivity contribution in [3.8, 4) is 5.75 Å². The van der Waals surface area contributed by atoms with Gasteiger partial charge in [-0.3, -0.25) is 0 Å². The molecule has 0 bridgehead atoms. The second-order valence-corrected chi connectivity index (χ2v) is 4.54. The zero-order valence-electron chi connectivity index (χ0n) is 11.5. The van der Waals surface area contributed by atoms with E-state index in [2.05, 4.69) is 10.1 Å². The van der Waals surface area contributed by atoms with Crippen LogP contribution in [-0.2, 0) is 11.3 Å². The highest BCUT2D eigenvalue weighted by Crippen LogP contribution is 2.18. The second kappa shape index (κ2) is 6.10. The fourth-order valence-corrected chi connectivity index (χ4v) is 1.81. The van der Waals surface area contributed by atoms with E-state index in [0.29, 0.717) is 17.9 Å². The van der Waals surface area contributed by atoms with E-state index >= 15 is 0 Å². The summed E-state index contributed by atoms with van der Waals surface area (Å²) in [7, 11) is 1.36. The van der Waals surface area contributed by atoms with Crippen LogP contribution >= 0.6 is 0 Å². The van der Waals surface area contributed by atoms with E-state index in [1.54, 1.807) is 18.2 Å². The predicted molar refractivity (Wildman–Crippen MR) is 78.0 cm³/mol. The third kappa shape index (κ3) is 3.29. The molecule has 0 saturated carbocycles. The maximum Gasteiger partial charge on any atom is 0.337 e. The molecule has 2 aromatic carbocycles. The van der Waals surface area contributed by atoms with E-state index in [0.717, 1.165) is 16.8 Å². The number of methoxy groups -OCH3 is 1. The number of ether oxygens (including phenoxy) is 1. The number of aryl methyl sites for hydroxylation is 1. The number of esters is 1. The number of nitrogens with one attached hydrogen (secondary N) is 1.